The summed E-state index contributed by atoms with van der Waals surface area (Å²) >= 11 is 0.332. The van der Waals surface area contributed by atoms with E-state index in [0.717, 1.165) is 13.0 Å². The van der Waals surface area contributed by atoms with Crippen molar-refractivity contribution in [1.82, 2.24) is 4.90 Å². The van der Waals surface area contributed by atoms with Crippen LogP contribution in [0.5, 0.6) is 0 Å². The van der Waals surface area contributed by atoms with Crippen LogP contribution >= 0.6 is 0 Å². The number of hydrogen-bond acceptors (Lipinski definition) is 1. The summed E-state index contributed by atoms with van der Waals surface area (Å²) in [6.07, 6.45) is 1.06. The molecule has 0 N–H and O–H groups in total. The van der Waals surface area contributed by atoms with Crippen LogP contribution in [0.3, 0.4) is 0 Å². The fraction of sp³-hybridized carbons (Fsp3) is 0.333. The fourth-order valence-electron chi connectivity index (χ4n) is 1.59. The van der Waals surface area contributed by atoms with Crippen LogP contribution in [0.15, 0.2) is 23.1 Å². The molecule has 0 aliphatic rings. The average molecular weight is 270 g/mol. The normalized spacial score (nSPS) is 11.5. The monoisotopic (exact) mass is 271 g/mol. The molecular weight excluding hydrogens is 256 g/mol. The van der Waals surface area contributed by atoms with Gasteiger partial charge < -0.3 is 0 Å². The van der Waals surface area contributed by atoms with Gasteiger partial charge in [-0.25, -0.2) is 0 Å². The summed E-state index contributed by atoms with van der Waals surface area (Å²) in [4.78, 5) is 4.45. The van der Waals surface area contributed by atoms with E-state index < -0.39 is 0 Å². The summed E-state index contributed by atoms with van der Waals surface area (Å²) in [5.74, 6) is -0.113. The first-order chi connectivity index (χ1) is 7.16. The molecule has 0 bridgehead atoms. The second-order valence-electron chi connectivity index (χ2n) is 3.95. The van der Waals surface area contributed by atoms with E-state index >= 15 is 0 Å². The van der Waals surface area contributed by atoms with Crippen molar-refractivity contribution in [1.29, 1.82) is 0 Å². The Balaban J connectivity index is 2.29. The molecule has 0 amide bonds. The van der Waals surface area contributed by atoms with Crippen LogP contribution in [0.1, 0.15) is 5.56 Å². The molecule has 2 rings (SSSR count). The van der Waals surface area contributed by atoms with E-state index in [1.54, 1.807) is 12.1 Å². The first kappa shape index (κ1) is 10.9. The molecule has 15 heavy (non-hydrogen) atoms. The molecule has 0 saturated heterocycles. The summed E-state index contributed by atoms with van der Waals surface area (Å²) in [6, 6.07) is 5.15. The van der Waals surface area contributed by atoms with E-state index in [4.69, 9.17) is 0 Å². The summed E-state index contributed by atoms with van der Waals surface area (Å²) in [5.41, 5.74) is 1.39. The number of benzene rings is 1. The van der Waals surface area contributed by atoms with Crippen molar-refractivity contribution in [3.05, 3.63) is 34.5 Å². The van der Waals surface area contributed by atoms with Gasteiger partial charge in [0.2, 0.25) is 0 Å². The summed E-state index contributed by atoms with van der Waals surface area (Å²) < 4.78 is 14.2. The molecule has 0 atom stereocenters. The number of hydrogen-bond donors (Lipinski definition) is 0. The standard InChI is InChI=1S/C12H14FNSe/c1-14(2)6-5-9-8-15-12-7-10(13)3-4-11(9)12/h3-4,7-8H,5-6H2,1-2H3. The molecule has 0 aliphatic carbocycles. The van der Waals surface area contributed by atoms with Crippen molar-refractivity contribution in [2.45, 2.75) is 6.42 Å². The van der Waals surface area contributed by atoms with Gasteiger partial charge in [0.05, 0.1) is 0 Å². The molecule has 0 spiro atoms. The quantitative estimate of drug-likeness (QED) is 0.772. The third-order valence-electron chi connectivity index (χ3n) is 2.45. The van der Waals surface area contributed by atoms with Gasteiger partial charge in [0.25, 0.3) is 0 Å². The summed E-state index contributed by atoms with van der Waals surface area (Å²) in [5, 5.41) is 1.26. The van der Waals surface area contributed by atoms with Gasteiger partial charge in [-0.3, -0.25) is 0 Å². The van der Waals surface area contributed by atoms with E-state index in [0.29, 0.717) is 14.5 Å². The second kappa shape index (κ2) is 4.48. The van der Waals surface area contributed by atoms with E-state index in [1.165, 1.54) is 15.2 Å². The average Bonchev–Trinajstić information content (AvgIpc) is 2.57. The maximum absolute atomic E-state index is 13.0. The zero-order valence-corrected chi connectivity index (χ0v) is 10.7. The van der Waals surface area contributed by atoms with Crippen LogP contribution in [-0.2, 0) is 6.42 Å². The van der Waals surface area contributed by atoms with Crippen molar-refractivity contribution >= 4 is 24.1 Å². The van der Waals surface area contributed by atoms with Crippen molar-refractivity contribution in [3.8, 4) is 0 Å². The number of fused-ring (bicyclic) bond motifs is 1. The van der Waals surface area contributed by atoms with Crippen molar-refractivity contribution < 1.29 is 4.39 Å². The van der Waals surface area contributed by atoms with Crippen molar-refractivity contribution in [2.24, 2.45) is 0 Å². The Hall–Kier alpha value is -0.631. The molecule has 1 aromatic carbocycles. The van der Waals surface area contributed by atoms with Gasteiger partial charge in [-0.2, -0.15) is 0 Å². The van der Waals surface area contributed by atoms with Gasteiger partial charge in [-0.1, -0.05) is 0 Å². The summed E-state index contributed by atoms with van der Waals surface area (Å²) in [6.45, 7) is 1.05. The number of rotatable bonds is 3. The molecule has 2 aromatic rings. The van der Waals surface area contributed by atoms with Gasteiger partial charge in [0.1, 0.15) is 0 Å². The molecule has 0 saturated carbocycles. The van der Waals surface area contributed by atoms with Crippen LogP contribution in [0, 0.1) is 5.82 Å². The molecule has 1 heterocycles. The van der Waals surface area contributed by atoms with Gasteiger partial charge in [0.15, 0.2) is 0 Å². The Bertz CT molecular complexity index is 462. The van der Waals surface area contributed by atoms with E-state index in [-0.39, 0.29) is 5.82 Å². The molecular formula is C12H14FNSe. The Labute approximate surface area is 95.3 Å². The van der Waals surface area contributed by atoms with Gasteiger partial charge >= 0.3 is 95.0 Å². The van der Waals surface area contributed by atoms with Crippen molar-refractivity contribution in [2.75, 3.05) is 20.6 Å². The Kier molecular flexibility index (Phi) is 3.25. The molecule has 1 aromatic heterocycles. The van der Waals surface area contributed by atoms with Crippen LogP contribution in [0.4, 0.5) is 4.39 Å². The van der Waals surface area contributed by atoms with Gasteiger partial charge in [-0.05, 0) is 0 Å². The molecule has 0 aliphatic heterocycles. The third-order valence-corrected chi connectivity index (χ3v) is 4.53. The first-order valence-corrected chi connectivity index (χ1v) is 6.82. The topological polar surface area (TPSA) is 3.24 Å². The fourth-order valence-corrected chi connectivity index (χ4v) is 3.74. The zero-order chi connectivity index (χ0) is 10.8. The summed E-state index contributed by atoms with van der Waals surface area (Å²) in [7, 11) is 4.15. The maximum atomic E-state index is 13.0. The Morgan fingerprint density at radius 3 is 2.87 bits per heavy atom. The predicted molar refractivity (Wildman–Crippen MR) is 63.1 cm³/mol. The Morgan fingerprint density at radius 1 is 1.33 bits per heavy atom. The first-order valence-electron chi connectivity index (χ1n) is 4.97. The number of halogens is 1. The van der Waals surface area contributed by atoms with Crippen LogP contribution in [0.25, 0.3) is 9.65 Å². The predicted octanol–water partition coefficient (Wildman–Crippen LogP) is 2.14. The van der Waals surface area contributed by atoms with Crippen LogP contribution in [-0.4, -0.2) is 40.0 Å². The van der Waals surface area contributed by atoms with E-state index in [1.807, 2.05) is 6.07 Å². The molecule has 3 heteroatoms. The van der Waals surface area contributed by atoms with Crippen LogP contribution in [0.2, 0.25) is 0 Å². The molecule has 0 fully saturated rings. The molecule has 1 nitrogen and oxygen atoms in total. The molecule has 0 unspecified atom stereocenters. The van der Waals surface area contributed by atoms with Crippen molar-refractivity contribution in [3.63, 3.8) is 0 Å². The van der Waals surface area contributed by atoms with Gasteiger partial charge in [0, 0.05) is 0 Å². The molecule has 0 radical (unpaired) electrons. The second-order valence-corrected chi connectivity index (χ2v) is 5.87. The van der Waals surface area contributed by atoms with E-state index in [2.05, 4.69) is 23.9 Å². The minimum absolute atomic E-state index is 0.113. The number of nitrogens with zero attached hydrogens (tertiary/aromatic N) is 1. The zero-order valence-electron chi connectivity index (χ0n) is 8.96. The van der Waals surface area contributed by atoms with E-state index in [9.17, 15) is 4.39 Å². The third kappa shape index (κ3) is 2.49. The Morgan fingerprint density at radius 2 is 2.13 bits per heavy atom. The van der Waals surface area contributed by atoms with Gasteiger partial charge in [-0.15, -0.1) is 0 Å². The number of likely N-dealkylation sites (N-methyl/N-ethyl adjacent to an activating group) is 1. The van der Waals surface area contributed by atoms with Crippen LogP contribution < -0.4 is 0 Å². The SMILES string of the molecule is CN(C)CCc1c[se]c2cc(F)ccc12. The molecule has 80 valence electrons. The minimum atomic E-state index is -0.113.